The minimum Gasteiger partial charge on any atom is -0.336 e. The topological polar surface area (TPSA) is 66.6 Å². The molecule has 2 unspecified atom stereocenters. The molecule has 184 valence electrons. The molecule has 0 radical (unpaired) electrons. The molecule has 1 aliphatic rings. The van der Waals surface area contributed by atoms with Gasteiger partial charge in [0.1, 0.15) is 12.1 Å². The number of nitrogens with zero attached hydrogens (tertiary/aromatic N) is 2. The van der Waals surface area contributed by atoms with Gasteiger partial charge in [0.25, 0.3) is 5.91 Å². The molecule has 1 saturated heterocycles. The van der Waals surface area contributed by atoms with E-state index in [0.717, 1.165) is 11.0 Å². The molecule has 5 nitrogen and oxygen atoms in total. The van der Waals surface area contributed by atoms with E-state index in [1.54, 1.807) is 0 Å². The number of hydrogen-bond acceptors (Lipinski definition) is 4. The summed E-state index contributed by atoms with van der Waals surface area (Å²) in [7, 11) is 0. The molecule has 1 amide bonds. The summed E-state index contributed by atoms with van der Waals surface area (Å²) >= 11 is 0. The number of hydrogen-bond donors (Lipinski definition) is 1. The van der Waals surface area contributed by atoms with Gasteiger partial charge in [0, 0.05) is 26.2 Å². The molecule has 2 aromatic rings. The summed E-state index contributed by atoms with van der Waals surface area (Å²) in [6.45, 7) is -0.465. The lowest BCUT2D eigenvalue weighted by Crippen LogP contribution is -2.53. The second kappa shape index (κ2) is 9.71. The predicted octanol–water partition coefficient (Wildman–Crippen LogP) is 3.89. The van der Waals surface area contributed by atoms with Crippen molar-refractivity contribution in [1.82, 2.24) is 9.80 Å². The highest BCUT2D eigenvalue weighted by atomic mass is 19.4. The van der Waals surface area contributed by atoms with Gasteiger partial charge in [-0.15, -0.1) is 0 Å². The van der Waals surface area contributed by atoms with E-state index in [0.29, 0.717) is 24.5 Å². The molecule has 1 heterocycles. The normalized spacial score (nSPS) is 17.4. The molecule has 34 heavy (non-hydrogen) atoms. The van der Waals surface area contributed by atoms with Crippen molar-refractivity contribution in [2.24, 2.45) is 5.73 Å². The molecule has 12 heteroatoms. The number of piperazine rings is 1. The number of benzene rings is 2. The fourth-order valence-electron chi connectivity index (χ4n) is 4.05. The number of amides is 1. The zero-order valence-corrected chi connectivity index (χ0v) is 17.5. The van der Waals surface area contributed by atoms with Crippen molar-refractivity contribution in [3.63, 3.8) is 0 Å². The molecule has 1 fully saturated rings. The van der Waals surface area contributed by atoms with Crippen LogP contribution < -0.4 is 5.73 Å². The van der Waals surface area contributed by atoms with Crippen molar-refractivity contribution < 1.29 is 40.3 Å². The predicted molar refractivity (Wildman–Crippen MR) is 107 cm³/mol. The maximum absolute atomic E-state index is 13.6. The van der Waals surface area contributed by atoms with Crippen LogP contribution >= 0.6 is 0 Å². The number of rotatable bonds is 5. The number of alkyl halides is 6. The Morgan fingerprint density at radius 1 is 0.912 bits per heavy atom. The summed E-state index contributed by atoms with van der Waals surface area (Å²) in [5, 5.41) is 0. The smallest absolute Gasteiger partial charge is 0.336 e. The second-order valence-electron chi connectivity index (χ2n) is 7.76. The van der Waals surface area contributed by atoms with Crippen LogP contribution in [0.4, 0.5) is 30.7 Å². The minimum absolute atomic E-state index is 0.0686. The van der Waals surface area contributed by atoms with Crippen LogP contribution in [0.5, 0.6) is 0 Å². The zero-order chi connectivity index (χ0) is 25.3. The van der Waals surface area contributed by atoms with Crippen molar-refractivity contribution >= 4 is 12.2 Å². The summed E-state index contributed by atoms with van der Waals surface area (Å²) in [6, 6.07) is 3.72. The van der Waals surface area contributed by atoms with Crippen LogP contribution in [0.15, 0.2) is 42.5 Å². The van der Waals surface area contributed by atoms with E-state index in [1.165, 1.54) is 23.1 Å². The number of nitrogens with two attached hydrogens (primary N) is 1. The molecule has 0 spiro atoms. The average Bonchev–Trinajstić information content (AvgIpc) is 2.78. The summed E-state index contributed by atoms with van der Waals surface area (Å²) in [5.41, 5.74) is 2.50. The van der Waals surface area contributed by atoms with Crippen LogP contribution in [0.2, 0.25) is 0 Å². The Kier molecular flexibility index (Phi) is 7.32. The van der Waals surface area contributed by atoms with E-state index >= 15 is 0 Å². The van der Waals surface area contributed by atoms with Crippen molar-refractivity contribution in [2.45, 2.75) is 24.4 Å². The molecule has 0 aromatic heterocycles. The first-order valence-corrected chi connectivity index (χ1v) is 10.1. The third kappa shape index (κ3) is 5.39. The lowest BCUT2D eigenvalue weighted by atomic mass is 9.93. The van der Waals surface area contributed by atoms with Gasteiger partial charge in [-0.3, -0.25) is 9.69 Å². The molecular weight excluding hydrogens is 471 g/mol. The molecule has 2 atom stereocenters. The van der Waals surface area contributed by atoms with Crippen LogP contribution in [0.3, 0.4) is 0 Å². The van der Waals surface area contributed by atoms with Crippen LogP contribution in [-0.4, -0.2) is 54.2 Å². The Morgan fingerprint density at radius 3 is 2.06 bits per heavy atom. The van der Waals surface area contributed by atoms with Gasteiger partial charge in [-0.1, -0.05) is 18.2 Å². The first-order chi connectivity index (χ1) is 15.8. The highest BCUT2D eigenvalue weighted by Gasteiger charge is 2.40. The number of carbonyl (C=O) groups is 2. The van der Waals surface area contributed by atoms with Gasteiger partial charge in [0.15, 0.2) is 0 Å². The average molecular weight is 491 g/mol. The summed E-state index contributed by atoms with van der Waals surface area (Å²) in [4.78, 5) is 26.7. The first kappa shape index (κ1) is 25.6. The monoisotopic (exact) mass is 491 g/mol. The van der Waals surface area contributed by atoms with Gasteiger partial charge in [0.2, 0.25) is 0 Å². The van der Waals surface area contributed by atoms with E-state index < -0.39 is 52.9 Å². The van der Waals surface area contributed by atoms with Crippen molar-refractivity contribution in [3.8, 4) is 0 Å². The van der Waals surface area contributed by atoms with Crippen LogP contribution in [-0.2, 0) is 17.1 Å². The van der Waals surface area contributed by atoms with Gasteiger partial charge < -0.3 is 15.4 Å². The molecule has 1 aliphatic heterocycles. The van der Waals surface area contributed by atoms with Gasteiger partial charge in [-0.2, -0.15) is 26.3 Å². The lowest BCUT2D eigenvalue weighted by molar-refractivity contribution is -0.139. The molecule has 3 rings (SSSR count). The summed E-state index contributed by atoms with van der Waals surface area (Å²) < 4.78 is 94.1. The highest BCUT2D eigenvalue weighted by Crippen LogP contribution is 2.38. The Hall–Kier alpha value is -2.99. The van der Waals surface area contributed by atoms with Gasteiger partial charge >= 0.3 is 12.4 Å². The van der Waals surface area contributed by atoms with E-state index in [4.69, 9.17) is 5.73 Å². The van der Waals surface area contributed by atoms with E-state index in [9.17, 15) is 40.3 Å². The lowest BCUT2D eigenvalue weighted by Gasteiger charge is -2.41. The van der Waals surface area contributed by atoms with Gasteiger partial charge in [-0.25, -0.2) is 4.39 Å². The molecular formula is C22H20F7N3O2. The van der Waals surface area contributed by atoms with E-state index in [2.05, 4.69) is 0 Å². The fourth-order valence-corrected chi connectivity index (χ4v) is 4.05. The Labute approximate surface area is 189 Å². The van der Waals surface area contributed by atoms with Crippen LogP contribution in [0.25, 0.3) is 0 Å². The molecule has 0 saturated carbocycles. The third-order valence-corrected chi connectivity index (χ3v) is 5.62. The van der Waals surface area contributed by atoms with Crippen LogP contribution in [0.1, 0.15) is 33.1 Å². The van der Waals surface area contributed by atoms with Gasteiger partial charge in [0.05, 0.1) is 28.8 Å². The number of halogens is 7. The number of aldehydes is 1. The third-order valence-electron chi connectivity index (χ3n) is 5.62. The zero-order valence-electron chi connectivity index (χ0n) is 17.5. The van der Waals surface area contributed by atoms with Crippen molar-refractivity contribution in [1.29, 1.82) is 0 Å². The quantitative estimate of drug-likeness (QED) is 0.509. The van der Waals surface area contributed by atoms with Gasteiger partial charge in [-0.05, 0) is 29.8 Å². The minimum atomic E-state index is -4.89. The van der Waals surface area contributed by atoms with Crippen LogP contribution in [0, 0.1) is 5.82 Å². The maximum Gasteiger partial charge on any atom is 0.417 e. The first-order valence-electron chi connectivity index (χ1n) is 10.1. The SMILES string of the molecule is NC(C=O)C(c1ccccc1C(F)(F)F)N1CCN(C(=O)c2cc(F)ccc2C(F)(F)F)CC1. The number of carbonyl (C=O) groups excluding carboxylic acids is 2. The Morgan fingerprint density at radius 2 is 1.50 bits per heavy atom. The molecule has 0 aliphatic carbocycles. The molecule has 0 bridgehead atoms. The highest BCUT2D eigenvalue weighted by molar-refractivity contribution is 5.96. The summed E-state index contributed by atoms with van der Waals surface area (Å²) in [5.74, 6) is -2.07. The van der Waals surface area contributed by atoms with Crippen molar-refractivity contribution in [3.05, 3.63) is 70.5 Å². The Bertz CT molecular complexity index is 1050. The fraction of sp³-hybridized carbons (Fsp3) is 0.364. The summed E-state index contributed by atoms with van der Waals surface area (Å²) in [6.07, 6.45) is -9.28. The van der Waals surface area contributed by atoms with E-state index in [-0.39, 0.29) is 31.7 Å². The molecule has 2 aromatic carbocycles. The maximum atomic E-state index is 13.6. The molecule has 2 N–H and O–H groups in total. The van der Waals surface area contributed by atoms with E-state index in [1.807, 2.05) is 0 Å². The second-order valence-corrected chi connectivity index (χ2v) is 7.76. The standard InChI is InChI=1S/C22H20F7N3O2/c23-13-5-6-17(22(27,28)29)15(11-13)20(34)32-9-7-31(8-10-32)19(18(30)12-33)14-3-1-2-4-16(14)21(24,25)26/h1-6,11-12,18-19H,7-10,30H2. The van der Waals surface area contributed by atoms with Crippen molar-refractivity contribution in [2.75, 3.05) is 26.2 Å². The Balaban J connectivity index is 1.85. The largest absolute Gasteiger partial charge is 0.417 e.